The van der Waals surface area contributed by atoms with Crippen LogP contribution in [0.5, 0.6) is 0 Å². The molecule has 0 aliphatic heterocycles. The number of rotatable bonds is 7. The van der Waals surface area contributed by atoms with Crippen LogP contribution in [-0.4, -0.2) is 24.9 Å². The van der Waals surface area contributed by atoms with Gasteiger partial charge in [0.2, 0.25) is 5.78 Å². The number of nitrogens with zero attached hydrogens (tertiary/aromatic N) is 4. The van der Waals surface area contributed by atoms with E-state index < -0.39 is 0 Å². The molecule has 0 unspecified atom stereocenters. The number of thioether (sulfide) groups is 1. The molecule has 162 valence electrons. The van der Waals surface area contributed by atoms with E-state index in [4.69, 9.17) is 0 Å². The molecule has 5 rings (SSSR count). The van der Waals surface area contributed by atoms with E-state index in [9.17, 15) is 4.79 Å². The Morgan fingerprint density at radius 3 is 2.81 bits per heavy atom. The van der Waals surface area contributed by atoms with E-state index in [1.54, 1.807) is 27.7 Å². The second-order valence-electron chi connectivity index (χ2n) is 8.42. The van der Waals surface area contributed by atoms with Gasteiger partial charge in [0.25, 0.3) is 5.56 Å². The third kappa shape index (κ3) is 3.61. The van der Waals surface area contributed by atoms with Crippen LogP contribution < -0.4 is 5.56 Å². The first kappa shape index (κ1) is 20.8. The summed E-state index contributed by atoms with van der Waals surface area (Å²) >= 11 is 3.53. The van der Waals surface area contributed by atoms with Gasteiger partial charge in [-0.3, -0.25) is 4.79 Å². The van der Waals surface area contributed by atoms with E-state index in [0.29, 0.717) is 11.7 Å². The van der Waals surface area contributed by atoms with Crippen LogP contribution in [0.2, 0.25) is 0 Å². The number of hydrogen-bond donors (Lipinski definition) is 0. The predicted molar refractivity (Wildman–Crippen MR) is 130 cm³/mol. The number of fused-ring (bicyclic) bond motifs is 5. The average molecular weight is 453 g/mol. The summed E-state index contributed by atoms with van der Waals surface area (Å²) < 4.78 is 3.90. The molecule has 1 aliphatic rings. The molecular formula is C24H28N4OS2. The highest BCUT2D eigenvalue weighted by molar-refractivity contribution is 7.99. The second kappa shape index (κ2) is 8.79. The maximum absolute atomic E-state index is 13.8. The molecule has 0 saturated heterocycles. The Labute approximate surface area is 190 Å². The third-order valence-corrected chi connectivity index (χ3v) is 8.48. The second-order valence-corrected chi connectivity index (χ2v) is 10.6. The largest absolute Gasteiger partial charge is 0.268 e. The van der Waals surface area contributed by atoms with E-state index in [0.717, 1.165) is 39.7 Å². The number of unbranched alkanes of at least 4 members (excludes halogenated alkanes) is 3. The fraction of sp³-hybridized carbons (Fsp3) is 0.458. The van der Waals surface area contributed by atoms with Gasteiger partial charge in [0.05, 0.1) is 11.1 Å². The zero-order valence-corrected chi connectivity index (χ0v) is 19.8. The Hall–Kier alpha value is -2.12. The van der Waals surface area contributed by atoms with Crippen LogP contribution in [0.1, 0.15) is 68.7 Å². The Morgan fingerprint density at radius 2 is 2.00 bits per heavy atom. The molecular weight excluding hydrogens is 424 g/mol. The van der Waals surface area contributed by atoms with Crippen molar-refractivity contribution in [3.05, 3.63) is 51.1 Å². The van der Waals surface area contributed by atoms with Crippen LogP contribution in [0.3, 0.4) is 0 Å². The molecule has 3 heterocycles. The summed E-state index contributed by atoms with van der Waals surface area (Å²) in [5.74, 6) is 2.05. The fourth-order valence-corrected chi connectivity index (χ4v) is 7.09. The first-order valence-electron chi connectivity index (χ1n) is 11.3. The SMILES string of the molecule is CCCCCCSc1nnc2n(-c3ccccc3)c(=O)c3c4c(sc3n12)CCC[C@H]4C. The molecule has 4 aromatic rings. The van der Waals surface area contributed by atoms with Crippen molar-refractivity contribution in [3.63, 3.8) is 0 Å². The van der Waals surface area contributed by atoms with E-state index in [2.05, 4.69) is 28.4 Å². The summed E-state index contributed by atoms with van der Waals surface area (Å²) in [6.07, 6.45) is 8.33. The Morgan fingerprint density at radius 1 is 1.16 bits per heavy atom. The molecule has 0 radical (unpaired) electrons. The summed E-state index contributed by atoms with van der Waals surface area (Å²) in [5.41, 5.74) is 2.14. The highest BCUT2D eigenvalue weighted by Crippen LogP contribution is 2.41. The number of benzene rings is 1. The number of aryl methyl sites for hydroxylation is 1. The van der Waals surface area contributed by atoms with Crippen molar-refractivity contribution in [2.45, 2.75) is 69.9 Å². The van der Waals surface area contributed by atoms with E-state index in [1.807, 2.05) is 30.3 Å². The highest BCUT2D eigenvalue weighted by atomic mass is 32.2. The topological polar surface area (TPSA) is 52.2 Å². The molecule has 0 N–H and O–H groups in total. The lowest BCUT2D eigenvalue weighted by Gasteiger charge is -2.18. The van der Waals surface area contributed by atoms with Crippen LogP contribution >= 0.6 is 23.1 Å². The molecule has 31 heavy (non-hydrogen) atoms. The van der Waals surface area contributed by atoms with Crippen LogP contribution in [-0.2, 0) is 6.42 Å². The molecule has 0 amide bonds. The molecule has 0 fully saturated rings. The van der Waals surface area contributed by atoms with Crippen molar-refractivity contribution in [1.82, 2.24) is 19.2 Å². The van der Waals surface area contributed by atoms with Crippen LogP contribution in [0.15, 0.2) is 40.3 Å². The van der Waals surface area contributed by atoms with E-state index >= 15 is 0 Å². The van der Waals surface area contributed by atoms with Crippen molar-refractivity contribution in [2.24, 2.45) is 0 Å². The van der Waals surface area contributed by atoms with Crippen LogP contribution in [0.25, 0.3) is 21.7 Å². The molecule has 1 aliphatic carbocycles. The Bertz CT molecular complexity index is 1270. The summed E-state index contributed by atoms with van der Waals surface area (Å²) in [6, 6.07) is 9.85. The number of para-hydroxylation sites is 1. The first-order valence-corrected chi connectivity index (χ1v) is 13.1. The van der Waals surface area contributed by atoms with Gasteiger partial charge in [-0.25, -0.2) is 8.97 Å². The van der Waals surface area contributed by atoms with Crippen LogP contribution in [0, 0.1) is 0 Å². The summed E-state index contributed by atoms with van der Waals surface area (Å²) in [7, 11) is 0. The zero-order chi connectivity index (χ0) is 21.4. The number of thiophene rings is 1. The minimum Gasteiger partial charge on any atom is -0.268 e. The average Bonchev–Trinajstić information content (AvgIpc) is 3.37. The lowest BCUT2D eigenvalue weighted by atomic mass is 9.88. The molecule has 7 heteroatoms. The van der Waals surface area contributed by atoms with Gasteiger partial charge < -0.3 is 0 Å². The molecule has 0 spiro atoms. The van der Waals surface area contributed by atoms with E-state index in [-0.39, 0.29) is 5.56 Å². The maximum atomic E-state index is 13.8. The van der Waals surface area contributed by atoms with Gasteiger partial charge in [-0.05, 0) is 49.3 Å². The Balaban J connectivity index is 1.73. The minimum absolute atomic E-state index is 0.0341. The summed E-state index contributed by atoms with van der Waals surface area (Å²) in [5, 5.41) is 10.8. The van der Waals surface area contributed by atoms with Gasteiger partial charge in [-0.1, -0.05) is 63.1 Å². The van der Waals surface area contributed by atoms with Crippen molar-refractivity contribution < 1.29 is 0 Å². The standard InChI is InChI=1S/C24H28N4OS2/c1-3-4-5-9-15-30-24-26-25-23-27(17-12-7-6-8-13-17)21(29)20-19-16(2)11-10-14-18(19)31-22(20)28(23)24/h6-8,12-13,16H,3-5,9-11,14-15H2,1-2H3/t16-/m1/s1. The molecule has 0 saturated carbocycles. The number of aromatic nitrogens is 4. The Kier molecular flexibility index (Phi) is 5.89. The first-order chi connectivity index (χ1) is 15.2. The van der Waals surface area contributed by atoms with Crippen molar-refractivity contribution >= 4 is 39.1 Å². The highest BCUT2D eigenvalue weighted by Gasteiger charge is 2.28. The minimum atomic E-state index is 0.0341. The monoisotopic (exact) mass is 452 g/mol. The molecule has 3 aromatic heterocycles. The van der Waals surface area contributed by atoms with Crippen molar-refractivity contribution in [2.75, 3.05) is 5.75 Å². The predicted octanol–water partition coefficient (Wildman–Crippen LogP) is 6.21. The van der Waals surface area contributed by atoms with Gasteiger partial charge >= 0.3 is 0 Å². The smallest absolute Gasteiger partial charge is 0.268 e. The normalized spacial score (nSPS) is 16.3. The van der Waals surface area contributed by atoms with Gasteiger partial charge in [-0.2, -0.15) is 0 Å². The maximum Gasteiger partial charge on any atom is 0.268 e. The fourth-order valence-electron chi connectivity index (χ4n) is 4.64. The van der Waals surface area contributed by atoms with Gasteiger partial charge in [-0.15, -0.1) is 21.5 Å². The molecule has 1 aromatic carbocycles. The molecule has 1 atom stereocenters. The van der Waals surface area contributed by atoms with Crippen molar-refractivity contribution in [3.8, 4) is 5.69 Å². The van der Waals surface area contributed by atoms with Gasteiger partial charge in [0, 0.05) is 10.6 Å². The number of hydrogen-bond acceptors (Lipinski definition) is 5. The van der Waals surface area contributed by atoms with Gasteiger partial charge in [0.15, 0.2) is 5.16 Å². The lowest BCUT2D eigenvalue weighted by molar-refractivity contribution is 0.601. The summed E-state index contributed by atoms with van der Waals surface area (Å²) in [4.78, 5) is 16.2. The van der Waals surface area contributed by atoms with E-state index in [1.165, 1.54) is 42.5 Å². The van der Waals surface area contributed by atoms with Crippen molar-refractivity contribution in [1.29, 1.82) is 0 Å². The third-order valence-electron chi connectivity index (χ3n) is 6.22. The zero-order valence-electron chi connectivity index (χ0n) is 18.1. The molecule has 0 bridgehead atoms. The summed E-state index contributed by atoms with van der Waals surface area (Å²) in [6.45, 7) is 4.49. The molecule has 5 nitrogen and oxygen atoms in total. The quantitative estimate of drug-likeness (QED) is 0.247. The lowest BCUT2D eigenvalue weighted by Crippen LogP contribution is -2.22. The van der Waals surface area contributed by atoms with Gasteiger partial charge in [0.1, 0.15) is 4.83 Å². The van der Waals surface area contributed by atoms with Crippen LogP contribution in [0.4, 0.5) is 0 Å².